The van der Waals surface area contributed by atoms with Crippen molar-refractivity contribution in [1.82, 2.24) is 9.13 Å². The van der Waals surface area contributed by atoms with Gasteiger partial charge in [-0.15, -0.1) is 0 Å². The van der Waals surface area contributed by atoms with Crippen molar-refractivity contribution < 1.29 is 23.1 Å². The van der Waals surface area contributed by atoms with Gasteiger partial charge >= 0.3 is 5.97 Å². The summed E-state index contributed by atoms with van der Waals surface area (Å²) >= 11 is 0. The molecule has 2 aromatic heterocycles. The van der Waals surface area contributed by atoms with Gasteiger partial charge in [0.15, 0.2) is 0 Å². The molecule has 0 radical (unpaired) electrons. The number of rotatable bonds is 7. The highest BCUT2D eigenvalue weighted by Crippen LogP contribution is 2.40. The number of esters is 1. The Balaban J connectivity index is 2.02. The Morgan fingerprint density at radius 3 is 1.93 bits per heavy atom. The number of pyridine rings is 1. The highest BCUT2D eigenvalue weighted by Gasteiger charge is 2.36. The summed E-state index contributed by atoms with van der Waals surface area (Å²) in [4.78, 5) is 40.8. The highest BCUT2D eigenvalue weighted by atomic mass is 19.1. The van der Waals surface area contributed by atoms with E-state index < -0.39 is 34.9 Å². The van der Waals surface area contributed by atoms with Crippen molar-refractivity contribution in [2.24, 2.45) is 0 Å². The van der Waals surface area contributed by atoms with Crippen molar-refractivity contribution in [2.75, 3.05) is 6.61 Å². The minimum absolute atomic E-state index is 0.0405. The second-order valence-electron chi connectivity index (χ2n) is 9.40. The summed E-state index contributed by atoms with van der Waals surface area (Å²) in [6, 6.07) is 22.0. The average Bonchev–Trinajstić information content (AvgIpc) is 3.25. The Labute approximate surface area is 229 Å². The molecule has 6 nitrogen and oxygen atoms in total. The summed E-state index contributed by atoms with van der Waals surface area (Å²) in [5.74, 6) is -3.58. The van der Waals surface area contributed by atoms with Crippen molar-refractivity contribution >= 4 is 22.7 Å². The topological polar surface area (TPSA) is 70.3 Å². The minimum atomic E-state index is -1.41. The third kappa shape index (κ3) is 4.62. The fraction of sp³-hybridized carbons (Fsp3) is 0.156. The summed E-state index contributed by atoms with van der Waals surface area (Å²) in [7, 11) is 0. The number of ketones is 1. The van der Waals surface area contributed by atoms with Crippen LogP contribution in [-0.4, -0.2) is 27.5 Å². The second kappa shape index (κ2) is 10.7. The van der Waals surface area contributed by atoms with Crippen LogP contribution in [0.3, 0.4) is 0 Å². The third-order valence-corrected chi connectivity index (χ3v) is 6.79. The lowest BCUT2D eigenvalue weighted by Crippen LogP contribution is -2.26. The molecule has 0 N–H and O–H groups in total. The molecule has 40 heavy (non-hydrogen) atoms. The van der Waals surface area contributed by atoms with E-state index in [4.69, 9.17) is 4.74 Å². The molecule has 5 aromatic rings. The van der Waals surface area contributed by atoms with E-state index in [0.717, 1.165) is 0 Å². The van der Waals surface area contributed by atoms with Gasteiger partial charge in [0.2, 0.25) is 0 Å². The van der Waals surface area contributed by atoms with Crippen molar-refractivity contribution in [2.45, 2.75) is 26.7 Å². The standard InChI is InChI=1S/C32H26F2N2O4/c1-4-40-32(39)27(20(3)37)29-28-26(18-19(2)35(31(28)38)24-14-10-22(33)11-15-24)36(25-16-12-23(34)13-17-25)30(29)21-8-6-5-7-9-21/h5-18,27H,4H2,1-3H3. The molecule has 0 fully saturated rings. The van der Waals surface area contributed by atoms with Crippen LogP contribution in [0.4, 0.5) is 8.78 Å². The number of benzene rings is 3. The molecule has 0 aliphatic rings. The number of hydrogen-bond donors (Lipinski definition) is 0. The van der Waals surface area contributed by atoms with E-state index in [1.807, 2.05) is 18.2 Å². The Bertz CT molecular complexity index is 1790. The summed E-state index contributed by atoms with van der Waals surface area (Å²) in [6.07, 6.45) is 0. The molecule has 3 aromatic carbocycles. The molecule has 8 heteroatoms. The zero-order valence-electron chi connectivity index (χ0n) is 22.2. The molecule has 0 aliphatic heterocycles. The molecule has 0 saturated heterocycles. The normalized spacial score (nSPS) is 11.9. The Kier molecular flexibility index (Phi) is 7.17. The van der Waals surface area contributed by atoms with Crippen molar-refractivity contribution in [3.8, 4) is 22.6 Å². The Morgan fingerprint density at radius 1 is 0.850 bits per heavy atom. The largest absolute Gasteiger partial charge is 0.465 e. The van der Waals surface area contributed by atoms with Gasteiger partial charge in [-0.25, -0.2) is 8.78 Å². The van der Waals surface area contributed by atoms with Crippen LogP contribution in [0.25, 0.3) is 33.5 Å². The van der Waals surface area contributed by atoms with Gasteiger partial charge in [0.25, 0.3) is 5.56 Å². The van der Waals surface area contributed by atoms with E-state index in [9.17, 15) is 23.2 Å². The predicted octanol–water partition coefficient (Wildman–Crippen LogP) is 6.27. The molecule has 202 valence electrons. The molecule has 0 bridgehead atoms. The van der Waals surface area contributed by atoms with E-state index in [1.54, 1.807) is 48.7 Å². The quantitative estimate of drug-likeness (QED) is 0.180. The number of carbonyl (C=O) groups excluding carboxylic acids is 2. The first-order chi connectivity index (χ1) is 19.2. The third-order valence-electron chi connectivity index (χ3n) is 6.79. The average molecular weight is 541 g/mol. The fourth-order valence-corrected chi connectivity index (χ4v) is 5.15. The van der Waals surface area contributed by atoms with Gasteiger partial charge in [-0.1, -0.05) is 30.3 Å². The van der Waals surface area contributed by atoms with Crippen LogP contribution in [-0.2, 0) is 14.3 Å². The van der Waals surface area contributed by atoms with Crippen LogP contribution < -0.4 is 5.56 Å². The van der Waals surface area contributed by atoms with Crippen molar-refractivity contribution in [1.29, 1.82) is 0 Å². The minimum Gasteiger partial charge on any atom is -0.465 e. The van der Waals surface area contributed by atoms with Crippen LogP contribution in [0.1, 0.15) is 31.0 Å². The number of nitrogens with zero attached hydrogens (tertiary/aromatic N) is 2. The molecular weight excluding hydrogens is 514 g/mol. The molecule has 0 spiro atoms. The number of ether oxygens (including phenoxy) is 1. The van der Waals surface area contributed by atoms with Crippen LogP contribution in [0.2, 0.25) is 0 Å². The van der Waals surface area contributed by atoms with Gasteiger partial charge < -0.3 is 9.30 Å². The lowest BCUT2D eigenvalue weighted by atomic mass is 9.90. The zero-order valence-corrected chi connectivity index (χ0v) is 22.2. The first-order valence-corrected chi connectivity index (χ1v) is 12.8. The Morgan fingerprint density at radius 2 is 1.40 bits per heavy atom. The lowest BCUT2D eigenvalue weighted by Gasteiger charge is -2.17. The van der Waals surface area contributed by atoms with Crippen LogP contribution in [0.15, 0.2) is 89.7 Å². The van der Waals surface area contributed by atoms with E-state index in [-0.39, 0.29) is 17.6 Å². The fourth-order valence-electron chi connectivity index (χ4n) is 5.15. The number of halogens is 2. The molecule has 0 saturated carbocycles. The van der Waals surface area contributed by atoms with Crippen LogP contribution >= 0.6 is 0 Å². The smallest absolute Gasteiger partial charge is 0.321 e. The monoisotopic (exact) mass is 540 g/mol. The summed E-state index contributed by atoms with van der Waals surface area (Å²) < 4.78 is 36.2. The molecular formula is C32H26F2N2O4. The van der Waals surface area contributed by atoms with Gasteiger partial charge in [-0.3, -0.25) is 19.0 Å². The van der Waals surface area contributed by atoms with E-state index in [0.29, 0.717) is 33.8 Å². The molecule has 5 rings (SSSR count). The number of Topliss-reactive ketones (excluding diaryl/α,β-unsaturated/α-hetero) is 1. The van der Waals surface area contributed by atoms with Gasteiger partial charge in [0, 0.05) is 22.6 Å². The maximum absolute atomic E-state index is 14.4. The molecule has 1 atom stereocenters. The molecule has 0 amide bonds. The maximum Gasteiger partial charge on any atom is 0.321 e. The summed E-state index contributed by atoms with van der Waals surface area (Å²) in [5, 5.41) is 0.131. The number of aryl methyl sites for hydroxylation is 1. The van der Waals surface area contributed by atoms with Gasteiger partial charge in [0.1, 0.15) is 23.3 Å². The van der Waals surface area contributed by atoms with Gasteiger partial charge in [-0.05, 0) is 80.9 Å². The summed E-state index contributed by atoms with van der Waals surface area (Å²) in [6.45, 7) is 4.70. The first-order valence-electron chi connectivity index (χ1n) is 12.8. The van der Waals surface area contributed by atoms with E-state index in [1.165, 1.54) is 47.9 Å². The molecule has 1 unspecified atom stereocenters. The van der Waals surface area contributed by atoms with Gasteiger partial charge in [-0.2, -0.15) is 0 Å². The van der Waals surface area contributed by atoms with Crippen molar-refractivity contribution in [3.05, 3.63) is 118 Å². The zero-order chi connectivity index (χ0) is 28.6. The van der Waals surface area contributed by atoms with Crippen molar-refractivity contribution in [3.63, 3.8) is 0 Å². The number of aromatic nitrogens is 2. The van der Waals surface area contributed by atoms with E-state index >= 15 is 0 Å². The SMILES string of the molecule is CCOC(=O)C(C(C)=O)c1c(-c2ccccc2)n(-c2ccc(F)cc2)c2cc(C)n(-c3ccc(F)cc3)c(=O)c12. The maximum atomic E-state index is 14.4. The van der Waals surface area contributed by atoms with E-state index in [2.05, 4.69) is 0 Å². The first kappa shape index (κ1) is 26.7. The summed E-state index contributed by atoms with van der Waals surface area (Å²) in [5.41, 5.74) is 2.68. The van der Waals surface area contributed by atoms with Crippen LogP contribution in [0.5, 0.6) is 0 Å². The molecule has 0 aliphatic carbocycles. The number of fused-ring (bicyclic) bond motifs is 1. The molecule has 2 heterocycles. The predicted molar refractivity (Wildman–Crippen MR) is 149 cm³/mol. The number of hydrogen-bond acceptors (Lipinski definition) is 4. The lowest BCUT2D eigenvalue weighted by molar-refractivity contribution is -0.147. The highest BCUT2D eigenvalue weighted by molar-refractivity contribution is 6.10. The second-order valence-corrected chi connectivity index (χ2v) is 9.40. The number of carbonyl (C=O) groups is 2. The van der Waals surface area contributed by atoms with Gasteiger partial charge in [0.05, 0.1) is 23.2 Å². The van der Waals surface area contributed by atoms with Crippen LogP contribution in [0, 0.1) is 18.6 Å². The Hall–Kier alpha value is -4.85.